The van der Waals surface area contributed by atoms with E-state index in [9.17, 15) is 19.5 Å². The van der Waals surface area contributed by atoms with Gasteiger partial charge in [0.25, 0.3) is 0 Å². The summed E-state index contributed by atoms with van der Waals surface area (Å²) >= 11 is 4.74. The van der Waals surface area contributed by atoms with Gasteiger partial charge >= 0.3 is 11.6 Å². The number of carboxylic acid groups (broad SMARTS) is 1. The highest BCUT2D eigenvalue weighted by Gasteiger charge is 2.22. The largest absolute Gasteiger partial charge is 0.480 e. The Kier molecular flexibility index (Phi) is 6.62. The summed E-state index contributed by atoms with van der Waals surface area (Å²) in [4.78, 5) is 36.5. The van der Waals surface area contributed by atoms with Gasteiger partial charge in [0.1, 0.15) is 17.2 Å². The molecule has 0 aliphatic rings. The third-order valence-corrected chi connectivity index (χ3v) is 6.64. The number of carbonyl (C=O) groups excluding carboxylic acids is 1. The molecule has 1 amide bonds. The standard InChI is InChI=1S/C24H20BrNO6S/c1-12-15-7-17-18(13-3-5-14(25)6-4-13)10-31-20(17)9-21(15)32-24(30)16(12)8-22(27)26-19(11-33-2)23(28)29/h3-7,9-10,19H,8,11H2,1-2H3,(H,26,27)(H,28,29)/t19-/m1/s1. The molecule has 33 heavy (non-hydrogen) atoms. The zero-order valence-electron chi connectivity index (χ0n) is 17.8. The van der Waals surface area contributed by atoms with E-state index in [1.54, 1.807) is 25.5 Å². The number of aryl methyl sites for hydroxylation is 1. The maximum absolute atomic E-state index is 12.6. The Bertz CT molecular complexity index is 1420. The number of fused-ring (bicyclic) bond motifs is 2. The molecule has 0 saturated heterocycles. The molecular formula is C24H20BrNO6S. The average molecular weight is 530 g/mol. The van der Waals surface area contributed by atoms with Gasteiger partial charge in [-0.05, 0) is 42.5 Å². The summed E-state index contributed by atoms with van der Waals surface area (Å²) in [6.07, 6.45) is 3.14. The van der Waals surface area contributed by atoms with Crippen molar-refractivity contribution < 1.29 is 23.5 Å². The lowest BCUT2D eigenvalue weighted by Crippen LogP contribution is -2.43. The van der Waals surface area contributed by atoms with E-state index in [1.165, 1.54) is 11.8 Å². The second-order valence-electron chi connectivity index (χ2n) is 7.58. The number of carbonyl (C=O) groups is 2. The third kappa shape index (κ3) is 4.69. The highest BCUT2D eigenvalue weighted by atomic mass is 79.9. The smallest absolute Gasteiger partial charge is 0.340 e. The van der Waals surface area contributed by atoms with Crippen LogP contribution in [-0.2, 0) is 16.0 Å². The second kappa shape index (κ2) is 9.44. The predicted molar refractivity (Wildman–Crippen MR) is 132 cm³/mol. The number of benzene rings is 2. The Morgan fingerprint density at radius 2 is 1.88 bits per heavy atom. The number of hydrogen-bond acceptors (Lipinski definition) is 6. The minimum Gasteiger partial charge on any atom is -0.480 e. The normalized spacial score (nSPS) is 12.2. The van der Waals surface area contributed by atoms with Crippen LogP contribution in [0.3, 0.4) is 0 Å². The molecule has 0 radical (unpaired) electrons. The fourth-order valence-corrected chi connectivity index (χ4v) is 4.54. The van der Waals surface area contributed by atoms with E-state index in [1.807, 2.05) is 30.3 Å². The summed E-state index contributed by atoms with van der Waals surface area (Å²) in [5, 5.41) is 13.3. The minimum atomic E-state index is -1.12. The van der Waals surface area contributed by atoms with Gasteiger partial charge in [0.05, 0.1) is 18.2 Å². The van der Waals surface area contributed by atoms with Gasteiger partial charge in [-0.25, -0.2) is 9.59 Å². The summed E-state index contributed by atoms with van der Waals surface area (Å²) in [6.45, 7) is 1.75. The molecule has 4 aromatic rings. The number of carboxylic acids is 1. The van der Waals surface area contributed by atoms with E-state index in [2.05, 4.69) is 21.2 Å². The van der Waals surface area contributed by atoms with Gasteiger partial charge in [-0.3, -0.25) is 4.79 Å². The van der Waals surface area contributed by atoms with Crippen LogP contribution in [0.1, 0.15) is 11.1 Å². The van der Waals surface area contributed by atoms with Gasteiger partial charge in [-0.1, -0.05) is 28.1 Å². The number of amides is 1. The zero-order valence-corrected chi connectivity index (χ0v) is 20.2. The first-order valence-corrected chi connectivity index (χ1v) is 12.2. The van der Waals surface area contributed by atoms with Gasteiger partial charge in [0.2, 0.25) is 5.91 Å². The predicted octanol–water partition coefficient (Wildman–Crippen LogP) is 4.75. The van der Waals surface area contributed by atoms with Crippen molar-refractivity contribution in [1.29, 1.82) is 0 Å². The summed E-state index contributed by atoms with van der Waals surface area (Å²) < 4.78 is 12.2. The van der Waals surface area contributed by atoms with Crippen molar-refractivity contribution in [3.8, 4) is 11.1 Å². The average Bonchev–Trinajstić information content (AvgIpc) is 3.18. The molecule has 170 valence electrons. The van der Waals surface area contributed by atoms with E-state index < -0.39 is 23.5 Å². The lowest BCUT2D eigenvalue weighted by atomic mass is 9.99. The van der Waals surface area contributed by atoms with Crippen molar-refractivity contribution in [1.82, 2.24) is 5.32 Å². The first-order valence-electron chi connectivity index (χ1n) is 10.0. The third-order valence-electron chi connectivity index (χ3n) is 5.44. The molecule has 2 aromatic carbocycles. The van der Waals surface area contributed by atoms with Crippen LogP contribution in [0.25, 0.3) is 33.1 Å². The maximum Gasteiger partial charge on any atom is 0.340 e. The van der Waals surface area contributed by atoms with Gasteiger partial charge in [0, 0.05) is 32.6 Å². The molecule has 0 fully saturated rings. The van der Waals surface area contributed by atoms with Gasteiger partial charge < -0.3 is 19.3 Å². The topological polar surface area (TPSA) is 110 Å². The number of nitrogens with one attached hydrogen (secondary N) is 1. The summed E-state index contributed by atoms with van der Waals surface area (Å²) in [7, 11) is 0. The van der Waals surface area contributed by atoms with Gasteiger partial charge in [-0.15, -0.1) is 0 Å². The molecule has 7 nitrogen and oxygen atoms in total. The van der Waals surface area contributed by atoms with Crippen LogP contribution in [-0.4, -0.2) is 35.0 Å². The first kappa shape index (κ1) is 23.1. The fourth-order valence-electron chi connectivity index (χ4n) is 3.71. The highest BCUT2D eigenvalue weighted by Crippen LogP contribution is 2.35. The summed E-state index contributed by atoms with van der Waals surface area (Å²) in [6, 6.07) is 10.4. The summed E-state index contributed by atoms with van der Waals surface area (Å²) in [5.41, 5.74) is 2.97. The molecule has 4 rings (SSSR count). The summed E-state index contributed by atoms with van der Waals surface area (Å²) in [5.74, 6) is -1.45. The molecule has 1 atom stereocenters. The molecule has 2 aromatic heterocycles. The van der Waals surface area contributed by atoms with Crippen LogP contribution >= 0.6 is 27.7 Å². The Hall–Kier alpha value is -3.04. The number of rotatable bonds is 7. The maximum atomic E-state index is 12.6. The van der Waals surface area contributed by atoms with Crippen molar-refractivity contribution in [2.75, 3.05) is 12.0 Å². The number of hydrogen-bond donors (Lipinski definition) is 2. The van der Waals surface area contributed by atoms with Crippen LogP contribution in [0.2, 0.25) is 0 Å². The van der Waals surface area contributed by atoms with Gasteiger partial charge in [0.15, 0.2) is 0 Å². The Morgan fingerprint density at radius 3 is 2.55 bits per heavy atom. The molecule has 2 N–H and O–H groups in total. The van der Waals surface area contributed by atoms with Crippen LogP contribution < -0.4 is 10.9 Å². The lowest BCUT2D eigenvalue weighted by Gasteiger charge is -2.14. The molecule has 0 unspecified atom stereocenters. The molecule has 0 bridgehead atoms. The fraction of sp³-hybridized carbons (Fsp3) is 0.208. The lowest BCUT2D eigenvalue weighted by molar-refractivity contribution is -0.141. The van der Waals surface area contributed by atoms with Crippen molar-refractivity contribution in [2.45, 2.75) is 19.4 Å². The van der Waals surface area contributed by atoms with E-state index in [0.717, 1.165) is 21.0 Å². The molecular weight excluding hydrogens is 510 g/mol. The Labute approximate surface area is 201 Å². The second-order valence-corrected chi connectivity index (χ2v) is 9.41. The molecule has 0 aliphatic heterocycles. The van der Waals surface area contributed by atoms with Crippen molar-refractivity contribution in [3.63, 3.8) is 0 Å². The molecule has 9 heteroatoms. The van der Waals surface area contributed by atoms with Crippen molar-refractivity contribution in [3.05, 3.63) is 68.7 Å². The molecule has 2 heterocycles. The molecule has 0 spiro atoms. The number of aliphatic carboxylic acids is 1. The van der Waals surface area contributed by atoms with Crippen LogP contribution in [0.15, 0.2) is 60.8 Å². The number of furan rings is 1. The van der Waals surface area contributed by atoms with E-state index in [4.69, 9.17) is 8.83 Å². The van der Waals surface area contributed by atoms with Crippen LogP contribution in [0.4, 0.5) is 0 Å². The van der Waals surface area contributed by atoms with Crippen molar-refractivity contribution in [2.24, 2.45) is 0 Å². The Balaban J connectivity index is 1.74. The van der Waals surface area contributed by atoms with E-state index >= 15 is 0 Å². The zero-order chi connectivity index (χ0) is 23.7. The van der Waals surface area contributed by atoms with E-state index in [-0.39, 0.29) is 17.7 Å². The number of halogens is 1. The quantitative estimate of drug-likeness (QED) is 0.332. The highest BCUT2D eigenvalue weighted by molar-refractivity contribution is 9.10. The SMILES string of the molecule is CSC[C@@H](NC(=O)Cc1c(C)c2cc3c(-c4ccc(Br)cc4)coc3cc2oc1=O)C(=O)O. The minimum absolute atomic E-state index is 0.196. The number of thioether (sulfide) groups is 1. The van der Waals surface area contributed by atoms with Crippen LogP contribution in [0.5, 0.6) is 0 Å². The Morgan fingerprint density at radius 1 is 1.15 bits per heavy atom. The monoisotopic (exact) mass is 529 g/mol. The molecule has 0 saturated carbocycles. The van der Waals surface area contributed by atoms with Crippen molar-refractivity contribution >= 4 is 61.5 Å². The van der Waals surface area contributed by atoms with E-state index in [0.29, 0.717) is 22.1 Å². The first-order chi connectivity index (χ1) is 15.8. The van der Waals surface area contributed by atoms with Crippen LogP contribution in [0, 0.1) is 6.92 Å². The van der Waals surface area contributed by atoms with Gasteiger partial charge in [-0.2, -0.15) is 11.8 Å². The molecule has 0 aliphatic carbocycles.